The van der Waals surface area contributed by atoms with Gasteiger partial charge in [0.15, 0.2) is 0 Å². The van der Waals surface area contributed by atoms with Gasteiger partial charge in [-0.1, -0.05) is 33.1 Å². The van der Waals surface area contributed by atoms with Gasteiger partial charge >= 0.3 is 0 Å². The zero-order valence-corrected chi connectivity index (χ0v) is 9.66. The fraction of sp³-hybridized carbons (Fsp3) is 0.818. The van der Waals surface area contributed by atoms with Crippen LogP contribution in [0.5, 0.6) is 0 Å². The van der Waals surface area contributed by atoms with Gasteiger partial charge in [0.2, 0.25) is 5.91 Å². The van der Waals surface area contributed by atoms with E-state index in [4.69, 9.17) is 5.73 Å². The summed E-state index contributed by atoms with van der Waals surface area (Å²) in [6, 6.07) is -0.862. The van der Waals surface area contributed by atoms with Gasteiger partial charge in [0.25, 0.3) is 0 Å². The van der Waals surface area contributed by atoms with E-state index in [1.54, 1.807) is 0 Å². The number of aldehydes is 1. The molecule has 0 saturated carbocycles. The summed E-state index contributed by atoms with van der Waals surface area (Å²) in [4.78, 5) is 22.1. The molecule has 4 nitrogen and oxygen atoms in total. The summed E-state index contributed by atoms with van der Waals surface area (Å²) in [6.45, 7) is 4.02. The van der Waals surface area contributed by atoms with E-state index in [0.717, 1.165) is 25.5 Å². The Balaban J connectivity index is 3.94. The molecule has 0 saturated heterocycles. The minimum absolute atomic E-state index is 0.218. The average molecular weight is 214 g/mol. The van der Waals surface area contributed by atoms with Crippen molar-refractivity contribution in [3.63, 3.8) is 0 Å². The molecule has 0 unspecified atom stereocenters. The summed E-state index contributed by atoms with van der Waals surface area (Å²) in [5.41, 5.74) is 5.63. The van der Waals surface area contributed by atoms with E-state index < -0.39 is 6.04 Å². The molecular formula is C11H22N2O2. The SMILES string of the molecule is CCCC[C@@H](C=O)NC(=O)[C@@H](N)CCC. The standard InChI is InChI=1S/C11H22N2O2/c1-3-5-7-9(8-14)13-11(15)10(12)6-4-2/h8-10H,3-7,12H2,1-2H3,(H,13,15)/t9-,10-/m0/s1. The number of nitrogens with two attached hydrogens (primary N) is 1. The highest BCUT2D eigenvalue weighted by molar-refractivity contribution is 5.84. The molecular weight excluding hydrogens is 192 g/mol. The van der Waals surface area contributed by atoms with Gasteiger partial charge in [-0.2, -0.15) is 0 Å². The quantitative estimate of drug-likeness (QED) is 0.592. The van der Waals surface area contributed by atoms with Crippen LogP contribution >= 0.6 is 0 Å². The molecule has 2 atom stereocenters. The Kier molecular flexibility index (Phi) is 7.91. The van der Waals surface area contributed by atoms with E-state index in [-0.39, 0.29) is 11.9 Å². The molecule has 0 aliphatic heterocycles. The maximum Gasteiger partial charge on any atom is 0.237 e. The van der Waals surface area contributed by atoms with Crippen LogP contribution in [-0.2, 0) is 9.59 Å². The molecule has 3 N–H and O–H groups in total. The number of carbonyl (C=O) groups is 2. The maximum atomic E-state index is 11.5. The van der Waals surface area contributed by atoms with Gasteiger partial charge in [-0.25, -0.2) is 0 Å². The summed E-state index contributed by atoms with van der Waals surface area (Å²) in [5, 5.41) is 2.65. The van der Waals surface area contributed by atoms with Crippen molar-refractivity contribution in [2.75, 3.05) is 0 Å². The van der Waals surface area contributed by atoms with Gasteiger partial charge in [0, 0.05) is 0 Å². The van der Waals surface area contributed by atoms with E-state index in [9.17, 15) is 9.59 Å². The number of amides is 1. The molecule has 4 heteroatoms. The Hall–Kier alpha value is -0.900. The van der Waals surface area contributed by atoms with Crippen LogP contribution in [0, 0.1) is 0 Å². The van der Waals surface area contributed by atoms with Crippen molar-refractivity contribution in [3.05, 3.63) is 0 Å². The molecule has 0 aliphatic rings. The highest BCUT2D eigenvalue weighted by Gasteiger charge is 2.16. The maximum absolute atomic E-state index is 11.5. The summed E-state index contributed by atoms with van der Waals surface area (Å²) in [7, 11) is 0. The Bertz CT molecular complexity index is 195. The third kappa shape index (κ3) is 6.23. The molecule has 0 aromatic heterocycles. The number of unbranched alkanes of at least 4 members (excludes halogenated alkanes) is 1. The normalized spacial score (nSPS) is 14.3. The van der Waals surface area contributed by atoms with Crippen molar-refractivity contribution in [2.24, 2.45) is 5.73 Å². The molecule has 0 fully saturated rings. The summed E-state index contributed by atoms with van der Waals surface area (Å²) in [5.74, 6) is -0.218. The van der Waals surface area contributed by atoms with Gasteiger partial charge in [-0.3, -0.25) is 4.79 Å². The molecule has 0 rings (SSSR count). The van der Waals surface area contributed by atoms with Gasteiger partial charge in [0.1, 0.15) is 6.29 Å². The Labute approximate surface area is 91.6 Å². The minimum Gasteiger partial charge on any atom is -0.345 e. The lowest BCUT2D eigenvalue weighted by Gasteiger charge is -2.15. The zero-order chi connectivity index (χ0) is 11.7. The predicted molar refractivity (Wildman–Crippen MR) is 60.4 cm³/mol. The highest BCUT2D eigenvalue weighted by Crippen LogP contribution is 2.00. The van der Waals surface area contributed by atoms with E-state index in [1.807, 2.05) is 13.8 Å². The highest BCUT2D eigenvalue weighted by atomic mass is 16.2. The summed E-state index contributed by atoms with van der Waals surface area (Å²) >= 11 is 0. The lowest BCUT2D eigenvalue weighted by Crippen LogP contribution is -2.45. The minimum atomic E-state index is -0.487. The monoisotopic (exact) mass is 214 g/mol. The van der Waals surface area contributed by atoms with Crippen molar-refractivity contribution in [2.45, 2.75) is 58.0 Å². The Morgan fingerprint density at radius 1 is 1.33 bits per heavy atom. The van der Waals surface area contributed by atoms with Crippen LogP contribution in [-0.4, -0.2) is 24.3 Å². The average Bonchev–Trinajstić information content (AvgIpc) is 2.24. The van der Waals surface area contributed by atoms with Crippen molar-refractivity contribution >= 4 is 12.2 Å². The van der Waals surface area contributed by atoms with Crippen LogP contribution in [0.2, 0.25) is 0 Å². The first kappa shape index (κ1) is 14.1. The first-order valence-corrected chi connectivity index (χ1v) is 5.66. The van der Waals surface area contributed by atoms with Crippen LogP contribution in [0.15, 0.2) is 0 Å². The van der Waals surface area contributed by atoms with Crippen molar-refractivity contribution in [3.8, 4) is 0 Å². The van der Waals surface area contributed by atoms with Gasteiger partial charge in [0.05, 0.1) is 12.1 Å². The van der Waals surface area contributed by atoms with E-state index in [0.29, 0.717) is 12.8 Å². The fourth-order valence-corrected chi connectivity index (χ4v) is 1.33. The first-order valence-electron chi connectivity index (χ1n) is 5.66. The van der Waals surface area contributed by atoms with Crippen molar-refractivity contribution < 1.29 is 9.59 Å². The van der Waals surface area contributed by atoms with E-state index in [1.165, 1.54) is 0 Å². The van der Waals surface area contributed by atoms with Crippen LogP contribution in [0.4, 0.5) is 0 Å². The summed E-state index contributed by atoms with van der Waals surface area (Å²) in [6.07, 6.45) is 4.96. The molecule has 88 valence electrons. The van der Waals surface area contributed by atoms with Crippen LogP contribution in [0.25, 0.3) is 0 Å². The predicted octanol–water partition coefficient (Wildman–Crippen LogP) is 0.988. The second-order valence-electron chi connectivity index (χ2n) is 3.79. The lowest BCUT2D eigenvalue weighted by molar-refractivity contribution is -0.125. The van der Waals surface area contributed by atoms with Gasteiger partial charge < -0.3 is 15.8 Å². The van der Waals surface area contributed by atoms with Crippen molar-refractivity contribution in [1.29, 1.82) is 0 Å². The number of rotatable bonds is 8. The molecule has 0 spiro atoms. The third-order valence-electron chi connectivity index (χ3n) is 2.30. The number of carbonyl (C=O) groups excluding carboxylic acids is 2. The number of nitrogens with one attached hydrogen (secondary N) is 1. The first-order chi connectivity index (χ1) is 7.15. The molecule has 0 aromatic carbocycles. The fourth-order valence-electron chi connectivity index (χ4n) is 1.33. The van der Waals surface area contributed by atoms with Crippen LogP contribution < -0.4 is 11.1 Å². The Morgan fingerprint density at radius 3 is 2.47 bits per heavy atom. The number of hydrogen-bond donors (Lipinski definition) is 2. The van der Waals surface area contributed by atoms with E-state index >= 15 is 0 Å². The molecule has 0 aromatic rings. The molecule has 1 amide bonds. The van der Waals surface area contributed by atoms with Crippen LogP contribution in [0.1, 0.15) is 46.0 Å². The molecule has 0 radical (unpaired) electrons. The van der Waals surface area contributed by atoms with Gasteiger partial charge in [-0.15, -0.1) is 0 Å². The second-order valence-corrected chi connectivity index (χ2v) is 3.79. The largest absolute Gasteiger partial charge is 0.345 e. The van der Waals surface area contributed by atoms with Crippen molar-refractivity contribution in [1.82, 2.24) is 5.32 Å². The molecule has 0 aliphatic carbocycles. The summed E-state index contributed by atoms with van der Waals surface area (Å²) < 4.78 is 0. The number of hydrogen-bond acceptors (Lipinski definition) is 3. The lowest BCUT2D eigenvalue weighted by atomic mass is 10.1. The molecule has 0 heterocycles. The van der Waals surface area contributed by atoms with Crippen LogP contribution in [0.3, 0.4) is 0 Å². The smallest absolute Gasteiger partial charge is 0.237 e. The topological polar surface area (TPSA) is 72.2 Å². The molecule has 15 heavy (non-hydrogen) atoms. The molecule has 0 bridgehead atoms. The third-order valence-corrected chi connectivity index (χ3v) is 2.30. The van der Waals surface area contributed by atoms with E-state index in [2.05, 4.69) is 5.32 Å². The second kappa shape index (κ2) is 8.41. The Morgan fingerprint density at radius 2 is 2.00 bits per heavy atom. The zero-order valence-electron chi connectivity index (χ0n) is 9.66. The van der Waals surface area contributed by atoms with Gasteiger partial charge in [-0.05, 0) is 12.8 Å².